The maximum atomic E-state index is 9.31. The highest BCUT2D eigenvalue weighted by Crippen LogP contribution is 2.25. The molecule has 0 radical (unpaired) electrons. The normalized spacial score (nSPS) is 10.5. The Morgan fingerprint density at radius 3 is 2.57 bits per heavy atom. The van der Waals surface area contributed by atoms with E-state index in [-0.39, 0.29) is 5.75 Å². The lowest BCUT2D eigenvalue weighted by Crippen LogP contribution is -1.94. The summed E-state index contributed by atoms with van der Waals surface area (Å²) in [5.41, 5.74) is 10.3. The highest BCUT2D eigenvalue weighted by atomic mass is 16.3. The van der Waals surface area contributed by atoms with Gasteiger partial charge < -0.3 is 16.2 Å². The molecule has 0 aliphatic heterocycles. The van der Waals surface area contributed by atoms with Gasteiger partial charge in [0.25, 0.3) is 0 Å². The van der Waals surface area contributed by atoms with Crippen LogP contribution in [0.1, 0.15) is 5.56 Å². The number of rotatable bonds is 3. The molecular weight excluding hydrogens is 264 g/mol. The molecule has 0 spiro atoms. The second-order valence-corrected chi connectivity index (χ2v) is 4.91. The Hall–Kier alpha value is -2.95. The Kier molecular flexibility index (Phi) is 3.23. The number of hydrogen-bond donors (Lipinski definition) is 4. The van der Waals surface area contributed by atoms with Gasteiger partial charge in [-0.05, 0) is 60.5 Å². The quantitative estimate of drug-likeness (QED) is 0.554. The number of anilines is 3. The molecule has 0 fully saturated rings. The SMILES string of the molecule is Cc1cc(N)ccc1Nc1cc(-c2ccc(O)cc2)[nH]n1. The van der Waals surface area contributed by atoms with E-state index in [1.165, 1.54) is 0 Å². The number of phenols is 1. The summed E-state index contributed by atoms with van der Waals surface area (Å²) in [5, 5.41) is 19.8. The van der Waals surface area contributed by atoms with Crippen molar-refractivity contribution < 1.29 is 5.11 Å². The van der Waals surface area contributed by atoms with Gasteiger partial charge in [0.05, 0.1) is 5.69 Å². The molecule has 2 aromatic carbocycles. The minimum atomic E-state index is 0.245. The van der Waals surface area contributed by atoms with Crippen LogP contribution in [0, 0.1) is 6.92 Å². The third-order valence-electron chi connectivity index (χ3n) is 3.27. The van der Waals surface area contributed by atoms with Gasteiger partial charge in [-0.3, -0.25) is 5.10 Å². The van der Waals surface area contributed by atoms with Crippen molar-refractivity contribution in [1.82, 2.24) is 10.2 Å². The van der Waals surface area contributed by atoms with Crippen molar-refractivity contribution in [3.63, 3.8) is 0 Å². The lowest BCUT2D eigenvalue weighted by atomic mass is 10.1. The molecule has 0 aliphatic carbocycles. The number of nitrogens with zero attached hydrogens (tertiary/aromatic N) is 1. The summed E-state index contributed by atoms with van der Waals surface area (Å²) in [5.74, 6) is 0.972. The van der Waals surface area contributed by atoms with Gasteiger partial charge in [-0.2, -0.15) is 5.10 Å². The van der Waals surface area contributed by atoms with E-state index in [4.69, 9.17) is 5.73 Å². The zero-order valence-electron chi connectivity index (χ0n) is 11.6. The summed E-state index contributed by atoms with van der Waals surface area (Å²) >= 11 is 0. The van der Waals surface area contributed by atoms with E-state index >= 15 is 0 Å². The van der Waals surface area contributed by atoms with Crippen molar-refractivity contribution in [2.45, 2.75) is 6.92 Å². The molecule has 1 aromatic heterocycles. The number of phenolic OH excluding ortho intramolecular Hbond substituents is 1. The van der Waals surface area contributed by atoms with Gasteiger partial charge in [-0.25, -0.2) is 0 Å². The van der Waals surface area contributed by atoms with Crippen LogP contribution >= 0.6 is 0 Å². The number of aromatic amines is 1. The highest BCUT2D eigenvalue weighted by molar-refractivity contribution is 5.68. The number of aryl methyl sites for hydroxylation is 1. The van der Waals surface area contributed by atoms with Crippen LogP contribution in [0.4, 0.5) is 17.2 Å². The minimum absolute atomic E-state index is 0.245. The maximum Gasteiger partial charge on any atom is 0.152 e. The molecule has 0 saturated carbocycles. The summed E-state index contributed by atoms with van der Waals surface area (Å²) in [7, 11) is 0. The molecule has 5 nitrogen and oxygen atoms in total. The first-order valence-electron chi connectivity index (χ1n) is 6.60. The Morgan fingerprint density at radius 1 is 1.10 bits per heavy atom. The lowest BCUT2D eigenvalue weighted by Gasteiger charge is -2.07. The number of hydrogen-bond acceptors (Lipinski definition) is 4. The number of benzene rings is 2. The van der Waals surface area contributed by atoms with Crippen molar-refractivity contribution in [3.8, 4) is 17.0 Å². The molecule has 0 unspecified atom stereocenters. The molecule has 0 aliphatic rings. The van der Waals surface area contributed by atoms with E-state index in [0.717, 1.165) is 34.0 Å². The molecule has 0 amide bonds. The Balaban J connectivity index is 1.83. The average Bonchev–Trinajstić information content (AvgIpc) is 2.91. The van der Waals surface area contributed by atoms with Gasteiger partial charge >= 0.3 is 0 Å². The Bertz CT molecular complexity index is 762. The average molecular weight is 280 g/mol. The van der Waals surface area contributed by atoms with Crippen LogP contribution in [-0.4, -0.2) is 15.3 Å². The third-order valence-corrected chi connectivity index (χ3v) is 3.27. The van der Waals surface area contributed by atoms with E-state index in [1.807, 2.05) is 43.3 Å². The summed E-state index contributed by atoms with van der Waals surface area (Å²) in [4.78, 5) is 0. The fraction of sp³-hybridized carbons (Fsp3) is 0.0625. The summed E-state index contributed by atoms with van der Waals surface area (Å²) < 4.78 is 0. The van der Waals surface area contributed by atoms with Crippen LogP contribution in [-0.2, 0) is 0 Å². The lowest BCUT2D eigenvalue weighted by molar-refractivity contribution is 0.475. The van der Waals surface area contributed by atoms with Crippen LogP contribution in [0.2, 0.25) is 0 Å². The number of aromatic nitrogens is 2. The largest absolute Gasteiger partial charge is 0.508 e. The third kappa shape index (κ3) is 2.81. The van der Waals surface area contributed by atoms with Crippen molar-refractivity contribution in [2.24, 2.45) is 0 Å². The highest BCUT2D eigenvalue weighted by Gasteiger charge is 2.05. The maximum absolute atomic E-state index is 9.31. The second-order valence-electron chi connectivity index (χ2n) is 4.91. The molecule has 21 heavy (non-hydrogen) atoms. The molecule has 1 heterocycles. The molecule has 5 N–H and O–H groups in total. The second kappa shape index (κ2) is 5.20. The molecule has 0 atom stereocenters. The molecule has 0 saturated heterocycles. The number of aromatic hydroxyl groups is 1. The minimum Gasteiger partial charge on any atom is -0.508 e. The first-order chi connectivity index (χ1) is 10.1. The molecule has 3 aromatic rings. The summed E-state index contributed by atoms with van der Waals surface area (Å²) in [6, 6.07) is 14.6. The number of nitrogens with two attached hydrogens (primary N) is 1. The topological polar surface area (TPSA) is 87.0 Å². The van der Waals surface area contributed by atoms with Crippen molar-refractivity contribution in [2.75, 3.05) is 11.1 Å². The van der Waals surface area contributed by atoms with E-state index < -0.39 is 0 Å². The van der Waals surface area contributed by atoms with Crippen LogP contribution in [0.25, 0.3) is 11.3 Å². The zero-order chi connectivity index (χ0) is 14.8. The fourth-order valence-electron chi connectivity index (χ4n) is 2.14. The standard InChI is InChI=1S/C16H16N4O/c1-10-8-12(17)4-7-14(10)18-16-9-15(19-20-16)11-2-5-13(21)6-3-11/h2-9,21H,17H2,1H3,(H2,18,19,20). The smallest absolute Gasteiger partial charge is 0.152 e. The van der Waals surface area contributed by atoms with Gasteiger partial charge in [0.15, 0.2) is 5.82 Å². The molecule has 5 heteroatoms. The zero-order valence-corrected chi connectivity index (χ0v) is 11.6. The Labute approximate surface area is 122 Å². The van der Waals surface area contributed by atoms with Crippen LogP contribution in [0.3, 0.4) is 0 Å². The molecule has 0 bridgehead atoms. The van der Waals surface area contributed by atoms with Gasteiger partial charge in [0, 0.05) is 17.4 Å². The predicted octanol–water partition coefficient (Wildman–Crippen LogP) is 3.42. The number of H-pyrrole nitrogens is 1. The van der Waals surface area contributed by atoms with Crippen molar-refractivity contribution in [1.29, 1.82) is 0 Å². The summed E-state index contributed by atoms with van der Waals surface area (Å²) in [6.45, 7) is 1.99. The van der Waals surface area contributed by atoms with Crippen LogP contribution in [0.15, 0.2) is 48.5 Å². The van der Waals surface area contributed by atoms with Crippen molar-refractivity contribution >= 4 is 17.2 Å². The molecular formula is C16H16N4O. The predicted molar refractivity (Wildman–Crippen MR) is 84.6 cm³/mol. The van der Waals surface area contributed by atoms with Gasteiger partial charge in [-0.1, -0.05) is 0 Å². The fourth-order valence-corrected chi connectivity index (χ4v) is 2.14. The van der Waals surface area contributed by atoms with Gasteiger partial charge in [-0.15, -0.1) is 0 Å². The van der Waals surface area contributed by atoms with Crippen molar-refractivity contribution in [3.05, 3.63) is 54.1 Å². The first kappa shape index (κ1) is 13.1. The van der Waals surface area contributed by atoms with E-state index in [1.54, 1.807) is 12.1 Å². The van der Waals surface area contributed by atoms with E-state index in [2.05, 4.69) is 15.5 Å². The molecule has 106 valence electrons. The van der Waals surface area contributed by atoms with E-state index in [0.29, 0.717) is 0 Å². The summed E-state index contributed by atoms with van der Waals surface area (Å²) in [6.07, 6.45) is 0. The first-order valence-corrected chi connectivity index (χ1v) is 6.60. The monoisotopic (exact) mass is 280 g/mol. The van der Waals surface area contributed by atoms with Gasteiger partial charge in [0.1, 0.15) is 5.75 Å². The molecule has 3 rings (SSSR count). The number of nitrogens with one attached hydrogen (secondary N) is 2. The van der Waals surface area contributed by atoms with E-state index in [9.17, 15) is 5.11 Å². The Morgan fingerprint density at radius 2 is 1.86 bits per heavy atom. The van der Waals surface area contributed by atoms with Crippen LogP contribution in [0.5, 0.6) is 5.75 Å². The van der Waals surface area contributed by atoms with Crippen LogP contribution < -0.4 is 11.1 Å². The van der Waals surface area contributed by atoms with Gasteiger partial charge in [0.2, 0.25) is 0 Å². The number of nitrogen functional groups attached to an aromatic ring is 1.